The summed E-state index contributed by atoms with van der Waals surface area (Å²) in [6, 6.07) is 7.76. The summed E-state index contributed by atoms with van der Waals surface area (Å²) < 4.78 is 112. The van der Waals surface area contributed by atoms with Crippen molar-refractivity contribution in [2.24, 2.45) is 5.89 Å². The Labute approximate surface area is 154 Å². The highest BCUT2D eigenvalue weighted by molar-refractivity contribution is 5.46. The Balaban J connectivity index is 1.77. The van der Waals surface area contributed by atoms with E-state index < -0.39 is 50.3 Å². The first kappa shape index (κ1) is 7.74. The molecule has 1 fully saturated rings. The molecule has 0 aromatic heterocycles. The maximum Gasteiger partial charge on any atom is 0.231 e. The van der Waals surface area contributed by atoms with Gasteiger partial charge >= 0.3 is 0 Å². The van der Waals surface area contributed by atoms with Crippen LogP contribution in [0.1, 0.15) is 31.5 Å². The average molecular weight is 339 g/mol. The van der Waals surface area contributed by atoms with Gasteiger partial charge in [-0.1, -0.05) is 12.1 Å². The molecule has 0 saturated carbocycles. The zero-order valence-corrected chi connectivity index (χ0v) is 12.4. The molecule has 1 N–H and O–H groups in total. The van der Waals surface area contributed by atoms with E-state index in [1.807, 2.05) is 5.32 Å². The van der Waals surface area contributed by atoms with Crippen LogP contribution in [0, 0.1) is 11.7 Å². The number of benzene rings is 2. The van der Waals surface area contributed by atoms with Crippen molar-refractivity contribution >= 4 is 0 Å². The fourth-order valence-corrected chi connectivity index (χ4v) is 2.32. The molecule has 5 heteroatoms. The van der Waals surface area contributed by atoms with Crippen molar-refractivity contribution in [1.82, 2.24) is 5.32 Å². The summed E-state index contributed by atoms with van der Waals surface area (Å²) in [6.45, 7) is -9.41. The Bertz CT molecular complexity index is 1120. The van der Waals surface area contributed by atoms with Gasteiger partial charge in [0, 0.05) is 29.4 Å². The van der Waals surface area contributed by atoms with Gasteiger partial charge in [0.15, 0.2) is 11.5 Å². The first-order valence-corrected chi connectivity index (χ1v) is 7.16. The number of nitrogens with one attached hydrogen (secondary N) is 1. The Morgan fingerprint density at radius 1 is 1.21 bits per heavy atom. The van der Waals surface area contributed by atoms with Crippen LogP contribution in [-0.2, 0) is 0 Å². The third kappa shape index (κ3) is 3.17. The van der Waals surface area contributed by atoms with Gasteiger partial charge in [0.25, 0.3) is 0 Å². The van der Waals surface area contributed by atoms with E-state index in [1.165, 1.54) is 18.2 Å². The average Bonchev–Trinajstić information content (AvgIpc) is 3.03. The first-order valence-electron chi connectivity index (χ1n) is 12.2. The maximum absolute atomic E-state index is 13.6. The summed E-state index contributed by atoms with van der Waals surface area (Å²) in [5.74, 6) is -6.39. The summed E-state index contributed by atoms with van der Waals surface area (Å²) >= 11 is 0. The smallest absolute Gasteiger partial charge is 0.231 e. The van der Waals surface area contributed by atoms with Gasteiger partial charge in [-0.25, -0.2) is 4.39 Å². The minimum atomic E-state index is -3.18. The molecule has 2 atom stereocenters. The summed E-state index contributed by atoms with van der Waals surface area (Å²) in [5.41, 5.74) is -0.314. The Morgan fingerprint density at radius 2 is 2.04 bits per heavy atom. The summed E-state index contributed by atoms with van der Waals surface area (Å²) in [5, 5.41) is 1.87. The number of hydrogen-bond donors (Lipinski definition) is 1. The van der Waals surface area contributed by atoms with Crippen molar-refractivity contribution in [2.45, 2.75) is 12.3 Å². The van der Waals surface area contributed by atoms with E-state index in [-0.39, 0.29) is 22.8 Å². The third-order valence-electron chi connectivity index (χ3n) is 3.50. The summed E-state index contributed by atoms with van der Waals surface area (Å²) in [7, 11) is 0. The number of halogens is 1. The van der Waals surface area contributed by atoms with E-state index in [0.717, 1.165) is 24.3 Å². The highest BCUT2D eigenvalue weighted by atomic mass is 19.1. The van der Waals surface area contributed by atoms with Gasteiger partial charge in [0.05, 0.1) is 6.61 Å². The molecule has 0 spiro atoms. The van der Waals surface area contributed by atoms with Crippen LogP contribution < -0.4 is 19.5 Å². The SMILES string of the molecule is [2H]C1([2H])Oc2ccc(OC[C@@]3([2H])C([2H])([2H])NC([2H])([2H])C([2H])([2H])C3([2H])c3ccc(F)cc3)cc2O1. The Morgan fingerprint density at radius 3 is 2.92 bits per heavy atom. The van der Waals surface area contributed by atoms with E-state index in [2.05, 4.69) is 0 Å². The van der Waals surface area contributed by atoms with Gasteiger partial charge in [0.1, 0.15) is 14.3 Å². The molecule has 1 unspecified atom stereocenters. The molecular formula is C19H20FNO3. The molecule has 126 valence electrons. The second kappa shape index (κ2) is 6.69. The number of ether oxygens (including phenoxy) is 3. The van der Waals surface area contributed by atoms with Crippen LogP contribution in [0.5, 0.6) is 17.2 Å². The van der Waals surface area contributed by atoms with Crippen LogP contribution in [0.3, 0.4) is 0 Å². The molecule has 2 aromatic rings. The van der Waals surface area contributed by atoms with Crippen molar-refractivity contribution in [1.29, 1.82) is 0 Å². The van der Waals surface area contributed by atoms with Crippen LogP contribution in [0.15, 0.2) is 42.5 Å². The van der Waals surface area contributed by atoms with Crippen LogP contribution in [0.25, 0.3) is 0 Å². The standard InChI is InChI=1S/C19H20FNO3/c20-15-3-1-13(2-4-15)17-7-8-21-10-14(17)11-22-16-5-6-18-19(9-16)24-12-23-18/h1-6,9,14,17,21H,7-8,10-12H2/t14-,17?/m1/s1/i7D2,8D2,10D2,12D2,14D,17D. The van der Waals surface area contributed by atoms with Crippen LogP contribution >= 0.6 is 0 Å². The molecule has 2 aliphatic heterocycles. The lowest BCUT2D eigenvalue weighted by atomic mass is 9.81. The normalized spacial score (nSPS) is 43.0. The van der Waals surface area contributed by atoms with Crippen molar-refractivity contribution in [3.63, 3.8) is 0 Å². The minimum absolute atomic E-state index is 0.0157. The number of hydrogen-bond acceptors (Lipinski definition) is 4. The molecule has 4 rings (SSSR count). The molecule has 2 aliphatic rings. The Kier molecular flexibility index (Phi) is 2.16. The molecule has 0 radical (unpaired) electrons. The predicted molar refractivity (Wildman–Crippen MR) is 88.2 cm³/mol. The van der Waals surface area contributed by atoms with Gasteiger partial charge in [-0.3, -0.25) is 0 Å². The fourth-order valence-electron chi connectivity index (χ4n) is 2.32. The topological polar surface area (TPSA) is 39.7 Å². The zero-order valence-electron chi connectivity index (χ0n) is 22.4. The molecule has 0 bridgehead atoms. The predicted octanol–water partition coefficient (Wildman–Crippen LogP) is 3.33. The minimum Gasteiger partial charge on any atom is -0.493 e. The van der Waals surface area contributed by atoms with Gasteiger partial charge in [-0.05, 0) is 48.6 Å². The monoisotopic (exact) mass is 339 g/mol. The van der Waals surface area contributed by atoms with Gasteiger partial charge in [-0.15, -0.1) is 0 Å². The number of piperidine rings is 1. The van der Waals surface area contributed by atoms with E-state index in [0.29, 0.717) is 0 Å². The van der Waals surface area contributed by atoms with Crippen molar-refractivity contribution in [2.75, 3.05) is 26.3 Å². The lowest BCUT2D eigenvalue weighted by Gasteiger charge is -2.32. The maximum atomic E-state index is 13.6. The first-order chi connectivity index (χ1) is 15.5. The van der Waals surface area contributed by atoms with Gasteiger partial charge < -0.3 is 19.5 Å². The van der Waals surface area contributed by atoms with Crippen molar-refractivity contribution < 1.29 is 32.3 Å². The highest BCUT2D eigenvalue weighted by Crippen LogP contribution is 2.36. The zero-order chi connectivity index (χ0) is 25.4. The molecule has 0 amide bonds. The largest absolute Gasteiger partial charge is 0.493 e. The molecule has 4 nitrogen and oxygen atoms in total. The quantitative estimate of drug-likeness (QED) is 0.927. The second-order valence-corrected chi connectivity index (χ2v) is 5.05. The summed E-state index contributed by atoms with van der Waals surface area (Å²) in [4.78, 5) is 0. The molecule has 2 aromatic carbocycles. The Hall–Kier alpha value is -2.27. The summed E-state index contributed by atoms with van der Waals surface area (Å²) in [6.07, 6.45) is -3.18. The van der Waals surface area contributed by atoms with E-state index in [1.54, 1.807) is 0 Å². The van der Waals surface area contributed by atoms with E-state index in [9.17, 15) is 4.39 Å². The van der Waals surface area contributed by atoms with Crippen LogP contribution in [0.4, 0.5) is 4.39 Å². The molecule has 24 heavy (non-hydrogen) atoms. The highest BCUT2D eigenvalue weighted by Gasteiger charge is 2.27. The lowest BCUT2D eigenvalue weighted by Crippen LogP contribution is -2.38. The lowest BCUT2D eigenvalue weighted by molar-refractivity contribution is 0.173. The molecular weight excluding hydrogens is 309 g/mol. The van der Waals surface area contributed by atoms with Gasteiger partial charge in [-0.2, -0.15) is 0 Å². The second-order valence-electron chi connectivity index (χ2n) is 5.05. The van der Waals surface area contributed by atoms with Crippen LogP contribution in [0.2, 0.25) is 0 Å². The van der Waals surface area contributed by atoms with Crippen molar-refractivity contribution in [3.05, 3.63) is 53.8 Å². The van der Waals surface area contributed by atoms with Crippen molar-refractivity contribution in [3.8, 4) is 17.2 Å². The molecule has 0 aliphatic carbocycles. The molecule has 2 heterocycles. The molecule has 1 saturated heterocycles. The van der Waals surface area contributed by atoms with E-state index >= 15 is 0 Å². The fraction of sp³-hybridized carbons (Fsp3) is 0.368. The van der Waals surface area contributed by atoms with Gasteiger partial charge in [0.2, 0.25) is 6.75 Å². The third-order valence-corrected chi connectivity index (χ3v) is 3.50. The van der Waals surface area contributed by atoms with Crippen LogP contribution in [-0.4, -0.2) is 26.3 Å². The number of rotatable bonds is 4. The number of fused-ring (bicyclic) bond motifs is 1. The van der Waals surface area contributed by atoms with E-state index in [4.69, 9.17) is 27.9 Å².